The van der Waals surface area contributed by atoms with Crippen molar-refractivity contribution in [2.24, 2.45) is 7.05 Å². The molecule has 2 rings (SSSR count). The van der Waals surface area contributed by atoms with Crippen LogP contribution in [0.5, 0.6) is 0 Å². The highest BCUT2D eigenvalue weighted by Gasteiger charge is 2.22. The number of aromatic nitrogens is 3. The minimum atomic E-state index is -3.58. The molecule has 0 aliphatic carbocycles. The number of carbonyl (C=O) groups is 1. The maximum atomic E-state index is 12.3. The Balaban J connectivity index is 2.13. The summed E-state index contributed by atoms with van der Waals surface area (Å²) >= 11 is 0. The number of amides is 1. The normalized spacial score (nSPS) is 12.7. The Hall–Kier alpha value is -2.42. The first kappa shape index (κ1) is 17.9. The largest absolute Gasteiger partial charge is 0.345 e. The summed E-state index contributed by atoms with van der Waals surface area (Å²) in [5, 5.41) is 10.4. The fraction of sp³-hybridized carbons (Fsp3) is 0.400. The van der Waals surface area contributed by atoms with Gasteiger partial charge in [0.15, 0.2) is 5.82 Å². The molecule has 0 bridgehead atoms. The first-order valence-electron chi connectivity index (χ1n) is 7.36. The van der Waals surface area contributed by atoms with Crippen LogP contribution >= 0.6 is 0 Å². The van der Waals surface area contributed by atoms with Crippen molar-refractivity contribution in [1.29, 1.82) is 0 Å². The van der Waals surface area contributed by atoms with E-state index in [2.05, 4.69) is 15.5 Å². The number of rotatable bonds is 6. The lowest BCUT2D eigenvalue weighted by Gasteiger charge is -2.23. The van der Waals surface area contributed by atoms with Gasteiger partial charge in [0.25, 0.3) is 0 Å². The molecule has 1 N–H and O–H groups in total. The van der Waals surface area contributed by atoms with Crippen LogP contribution in [0.1, 0.15) is 24.4 Å². The van der Waals surface area contributed by atoms with E-state index in [0.29, 0.717) is 11.5 Å². The minimum Gasteiger partial charge on any atom is -0.345 e. The molecule has 0 fully saturated rings. The Morgan fingerprint density at radius 1 is 1.33 bits per heavy atom. The van der Waals surface area contributed by atoms with Crippen molar-refractivity contribution in [3.05, 3.63) is 42.0 Å². The molecule has 8 nitrogen and oxygen atoms in total. The van der Waals surface area contributed by atoms with E-state index in [4.69, 9.17) is 0 Å². The molecule has 0 unspecified atom stereocenters. The van der Waals surface area contributed by atoms with Crippen LogP contribution < -0.4 is 9.62 Å². The molecule has 2 aromatic rings. The maximum absolute atomic E-state index is 12.3. The lowest BCUT2D eigenvalue weighted by Crippen LogP contribution is -2.41. The summed E-state index contributed by atoms with van der Waals surface area (Å²) in [5.74, 6) is 0.168. The summed E-state index contributed by atoms with van der Waals surface area (Å²) in [6, 6.07) is 6.57. The quantitative estimate of drug-likeness (QED) is 0.829. The lowest BCUT2D eigenvalue weighted by atomic mass is 10.2. The summed E-state index contributed by atoms with van der Waals surface area (Å²) in [6.07, 6.45) is 2.61. The van der Waals surface area contributed by atoms with Crippen LogP contribution in [0.4, 0.5) is 5.69 Å². The lowest BCUT2D eigenvalue weighted by molar-refractivity contribution is -0.120. The summed E-state index contributed by atoms with van der Waals surface area (Å²) in [7, 11) is -1.81. The van der Waals surface area contributed by atoms with Gasteiger partial charge >= 0.3 is 0 Å². The van der Waals surface area contributed by atoms with E-state index in [0.717, 1.165) is 16.1 Å². The van der Waals surface area contributed by atoms with E-state index in [1.54, 1.807) is 42.8 Å². The molecule has 0 radical (unpaired) electrons. The van der Waals surface area contributed by atoms with Crippen LogP contribution in [0.3, 0.4) is 0 Å². The van der Waals surface area contributed by atoms with Crippen molar-refractivity contribution in [1.82, 2.24) is 20.1 Å². The second kappa shape index (κ2) is 7.00. The third-order valence-electron chi connectivity index (χ3n) is 3.52. The molecular formula is C15H21N5O3S. The van der Waals surface area contributed by atoms with E-state index < -0.39 is 15.9 Å². The number of anilines is 1. The fourth-order valence-corrected chi connectivity index (χ4v) is 3.13. The highest BCUT2D eigenvalue weighted by atomic mass is 32.2. The van der Waals surface area contributed by atoms with Crippen molar-refractivity contribution < 1.29 is 13.2 Å². The van der Waals surface area contributed by atoms with Gasteiger partial charge in [-0.05, 0) is 26.0 Å². The summed E-state index contributed by atoms with van der Waals surface area (Å²) in [5.41, 5.74) is 1.46. The second-order valence-electron chi connectivity index (χ2n) is 5.69. The number of hydrogen-bond donors (Lipinski definition) is 1. The molecule has 1 heterocycles. The summed E-state index contributed by atoms with van der Waals surface area (Å²) < 4.78 is 26.8. The van der Waals surface area contributed by atoms with E-state index in [-0.39, 0.29) is 12.6 Å². The molecule has 1 amide bonds. The van der Waals surface area contributed by atoms with Gasteiger partial charge in [0, 0.05) is 7.05 Å². The van der Waals surface area contributed by atoms with Crippen LogP contribution in [0.2, 0.25) is 0 Å². The van der Waals surface area contributed by atoms with Crippen molar-refractivity contribution in [2.45, 2.75) is 19.9 Å². The average molecular weight is 351 g/mol. The zero-order chi connectivity index (χ0) is 17.9. The van der Waals surface area contributed by atoms with Crippen LogP contribution in [0, 0.1) is 6.92 Å². The standard InChI is InChI=1S/C15H21N5O3S/c1-11-5-7-13(8-6-11)20(24(4,22)23)9-14(21)17-12(2)15-18-16-10-19(15)3/h5-8,10,12H,9H2,1-4H3,(H,17,21)/t12-/m0/s1. The molecule has 0 aliphatic heterocycles. The minimum absolute atomic E-state index is 0.302. The number of nitrogens with zero attached hydrogens (tertiary/aromatic N) is 4. The number of aryl methyl sites for hydroxylation is 2. The summed E-state index contributed by atoms with van der Waals surface area (Å²) in [6.45, 7) is 3.37. The Morgan fingerprint density at radius 3 is 2.46 bits per heavy atom. The highest BCUT2D eigenvalue weighted by Crippen LogP contribution is 2.18. The van der Waals surface area contributed by atoms with Gasteiger partial charge in [-0.25, -0.2) is 8.42 Å². The number of nitrogens with one attached hydrogen (secondary N) is 1. The van der Waals surface area contributed by atoms with E-state index in [9.17, 15) is 13.2 Å². The SMILES string of the molecule is Cc1ccc(N(CC(=O)N[C@@H](C)c2nncn2C)S(C)(=O)=O)cc1. The number of benzene rings is 1. The molecule has 130 valence electrons. The van der Waals surface area contributed by atoms with E-state index in [1.807, 2.05) is 6.92 Å². The van der Waals surface area contributed by atoms with Gasteiger partial charge in [-0.2, -0.15) is 0 Å². The Labute approximate surface area is 141 Å². The smallest absolute Gasteiger partial charge is 0.241 e. The monoisotopic (exact) mass is 351 g/mol. The van der Waals surface area contributed by atoms with Crippen molar-refractivity contribution in [3.63, 3.8) is 0 Å². The van der Waals surface area contributed by atoms with Crippen LogP contribution in [-0.2, 0) is 21.9 Å². The molecule has 24 heavy (non-hydrogen) atoms. The Bertz CT molecular complexity index is 814. The van der Waals surface area contributed by atoms with Gasteiger partial charge in [-0.3, -0.25) is 9.10 Å². The first-order chi connectivity index (χ1) is 11.2. The molecular weight excluding hydrogens is 330 g/mol. The zero-order valence-corrected chi connectivity index (χ0v) is 14.9. The number of sulfonamides is 1. The predicted molar refractivity (Wildman–Crippen MR) is 90.9 cm³/mol. The summed E-state index contributed by atoms with van der Waals surface area (Å²) in [4.78, 5) is 12.3. The molecule has 1 atom stereocenters. The van der Waals surface area contributed by atoms with Gasteiger partial charge in [-0.1, -0.05) is 17.7 Å². The first-order valence-corrected chi connectivity index (χ1v) is 9.21. The average Bonchev–Trinajstić information content (AvgIpc) is 2.91. The molecule has 0 saturated carbocycles. The topological polar surface area (TPSA) is 97.2 Å². The Kier molecular flexibility index (Phi) is 5.23. The number of carbonyl (C=O) groups excluding carboxylic acids is 1. The zero-order valence-electron chi connectivity index (χ0n) is 14.1. The molecule has 0 saturated heterocycles. The molecule has 0 aliphatic rings. The Morgan fingerprint density at radius 2 is 1.96 bits per heavy atom. The molecule has 0 spiro atoms. The van der Waals surface area contributed by atoms with E-state index >= 15 is 0 Å². The van der Waals surface area contributed by atoms with Crippen molar-refractivity contribution >= 4 is 21.6 Å². The molecule has 1 aromatic carbocycles. The fourth-order valence-electron chi connectivity index (χ4n) is 2.28. The second-order valence-corrected chi connectivity index (χ2v) is 7.60. The van der Waals surface area contributed by atoms with Crippen LogP contribution in [-0.4, -0.2) is 41.9 Å². The van der Waals surface area contributed by atoms with Gasteiger partial charge in [0.1, 0.15) is 12.9 Å². The van der Waals surface area contributed by atoms with Crippen molar-refractivity contribution in [3.8, 4) is 0 Å². The van der Waals surface area contributed by atoms with Crippen LogP contribution in [0.15, 0.2) is 30.6 Å². The third kappa shape index (κ3) is 4.31. The van der Waals surface area contributed by atoms with Gasteiger partial charge < -0.3 is 9.88 Å². The van der Waals surface area contributed by atoms with E-state index in [1.165, 1.54) is 6.33 Å². The van der Waals surface area contributed by atoms with Crippen molar-refractivity contribution in [2.75, 3.05) is 17.1 Å². The molecule has 9 heteroatoms. The predicted octanol–water partition coefficient (Wildman–Crippen LogP) is 0.767. The highest BCUT2D eigenvalue weighted by molar-refractivity contribution is 7.92. The van der Waals surface area contributed by atoms with Gasteiger partial charge in [0.2, 0.25) is 15.9 Å². The van der Waals surface area contributed by atoms with Gasteiger partial charge in [-0.15, -0.1) is 10.2 Å². The third-order valence-corrected chi connectivity index (χ3v) is 4.66. The van der Waals surface area contributed by atoms with Gasteiger partial charge in [0.05, 0.1) is 18.0 Å². The number of hydrogen-bond acceptors (Lipinski definition) is 5. The van der Waals surface area contributed by atoms with Crippen LogP contribution in [0.25, 0.3) is 0 Å². The maximum Gasteiger partial charge on any atom is 0.241 e. The molecule has 1 aromatic heterocycles.